The molecule has 0 spiro atoms. The molecule has 0 aromatic carbocycles. The Kier molecular flexibility index (Phi) is 8.85. The number of rotatable bonds is 8. The van der Waals surface area contributed by atoms with Crippen LogP contribution in [0.4, 0.5) is 0 Å². The fraction of sp³-hybridized carbons (Fsp3) is 0.917. The van der Waals surface area contributed by atoms with E-state index in [1.165, 1.54) is 0 Å². The van der Waals surface area contributed by atoms with Crippen molar-refractivity contribution in [2.24, 2.45) is 10.8 Å². The highest BCUT2D eigenvalue weighted by Gasteiger charge is 2.32. The molecule has 0 aliphatic carbocycles. The summed E-state index contributed by atoms with van der Waals surface area (Å²) < 4.78 is 0. The highest BCUT2D eigenvalue weighted by atomic mass is 17.2. The van der Waals surface area contributed by atoms with E-state index in [0.29, 0.717) is 0 Å². The van der Waals surface area contributed by atoms with E-state index in [9.17, 15) is 0 Å². The molecule has 0 bridgehead atoms. The molecule has 0 aromatic rings. The third-order valence-corrected chi connectivity index (χ3v) is 3.53. The van der Waals surface area contributed by atoms with Crippen molar-refractivity contribution in [3.8, 4) is 11.8 Å². The Balaban J connectivity index is 4.88. The lowest BCUT2D eigenvalue weighted by molar-refractivity contribution is -0.394. The molecule has 4 heteroatoms. The van der Waals surface area contributed by atoms with Crippen LogP contribution in [0.5, 0.6) is 0 Å². The van der Waals surface area contributed by atoms with Gasteiger partial charge in [-0.25, -0.2) is 19.6 Å². The van der Waals surface area contributed by atoms with Gasteiger partial charge < -0.3 is 0 Å². The van der Waals surface area contributed by atoms with Crippen molar-refractivity contribution in [2.45, 2.75) is 132 Å². The smallest absolute Gasteiger partial charge is 0.158 e. The summed E-state index contributed by atoms with van der Waals surface area (Å²) in [5.41, 5.74) is -2.04. The van der Waals surface area contributed by atoms with Gasteiger partial charge in [-0.3, -0.25) is 0 Å². The maximum atomic E-state index is 5.73. The predicted octanol–water partition coefficient (Wildman–Crippen LogP) is 6.87. The predicted molar refractivity (Wildman–Crippen MR) is 117 cm³/mol. The SMILES string of the molecule is CC(C)(C)CC(C)(C)OOC(C)(C)C#CC(C)(C)OOC(C)(C)CC(C)(C)C. The molecule has 0 unspecified atom stereocenters. The summed E-state index contributed by atoms with van der Waals surface area (Å²) >= 11 is 0. The standard InChI is InChI=1S/C24H46O4/c1-19(2,3)17-23(11,12)27-25-21(7,8)15-16-22(9,10)26-28-24(13,14)18-20(4,5)6/h17-18H2,1-14H3. The third kappa shape index (κ3) is 14.4. The molecule has 28 heavy (non-hydrogen) atoms. The van der Waals surface area contributed by atoms with Gasteiger partial charge in [-0.05, 0) is 79.1 Å². The Hall–Kier alpha value is -0.600. The molecule has 0 fully saturated rings. The van der Waals surface area contributed by atoms with E-state index in [0.717, 1.165) is 12.8 Å². The fourth-order valence-electron chi connectivity index (χ4n) is 3.39. The zero-order valence-electron chi connectivity index (χ0n) is 21.0. The lowest BCUT2D eigenvalue weighted by atomic mass is 9.84. The van der Waals surface area contributed by atoms with Crippen molar-refractivity contribution in [1.29, 1.82) is 0 Å². The van der Waals surface area contributed by atoms with E-state index in [-0.39, 0.29) is 10.8 Å². The number of hydrogen-bond acceptors (Lipinski definition) is 4. The Labute approximate surface area is 174 Å². The van der Waals surface area contributed by atoms with Gasteiger partial charge in [-0.15, -0.1) is 0 Å². The van der Waals surface area contributed by atoms with Crippen molar-refractivity contribution >= 4 is 0 Å². The molecule has 0 saturated carbocycles. The van der Waals surface area contributed by atoms with Crippen molar-refractivity contribution in [1.82, 2.24) is 0 Å². The van der Waals surface area contributed by atoms with Gasteiger partial charge >= 0.3 is 0 Å². The van der Waals surface area contributed by atoms with Crippen molar-refractivity contribution in [3.63, 3.8) is 0 Å². The average molecular weight is 399 g/mol. The van der Waals surface area contributed by atoms with Gasteiger partial charge in [0.15, 0.2) is 11.2 Å². The van der Waals surface area contributed by atoms with Crippen LogP contribution in [-0.4, -0.2) is 22.4 Å². The Morgan fingerprint density at radius 2 is 0.679 bits per heavy atom. The largest absolute Gasteiger partial charge is 0.229 e. The van der Waals surface area contributed by atoms with E-state index in [4.69, 9.17) is 19.6 Å². The van der Waals surface area contributed by atoms with Gasteiger partial charge in [0, 0.05) is 0 Å². The molecule has 0 amide bonds. The zero-order chi connectivity index (χ0) is 22.7. The molecule has 4 nitrogen and oxygen atoms in total. The van der Waals surface area contributed by atoms with Crippen molar-refractivity contribution in [2.75, 3.05) is 0 Å². The van der Waals surface area contributed by atoms with Crippen LogP contribution < -0.4 is 0 Å². The minimum Gasteiger partial charge on any atom is -0.229 e. The summed E-state index contributed by atoms with van der Waals surface area (Å²) in [4.78, 5) is 22.8. The van der Waals surface area contributed by atoms with Gasteiger partial charge in [-0.2, -0.15) is 0 Å². The zero-order valence-corrected chi connectivity index (χ0v) is 21.0. The van der Waals surface area contributed by atoms with Gasteiger partial charge in [0.2, 0.25) is 0 Å². The normalized spacial score (nSPS) is 14.6. The second-order valence-electron chi connectivity index (χ2n) is 12.6. The molecule has 0 radical (unpaired) electrons. The van der Waals surface area contributed by atoms with Gasteiger partial charge in [0.25, 0.3) is 0 Å². The summed E-state index contributed by atoms with van der Waals surface area (Å²) in [6, 6.07) is 0. The monoisotopic (exact) mass is 398 g/mol. The van der Waals surface area contributed by atoms with E-state index < -0.39 is 22.4 Å². The topological polar surface area (TPSA) is 36.9 Å². The van der Waals surface area contributed by atoms with Crippen LogP contribution in [0, 0.1) is 22.7 Å². The molecule has 166 valence electrons. The highest BCUT2D eigenvalue weighted by Crippen LogP contribution is 2.32. The lowest BCUT2D eigenvalue weighted by Crippen LogP contribution is -2.36. The molecular formula is C24H46O4. The summed E-state index contributed by atoms with van der Waals surface area (Å²) in [5, 5.41) is 0. The van der Waals surface area contributed by atoms with E-state index >= 15 is 0 Å². The minimum atomic E-state index is -0.767. The quantitative estimate of drug-likeness (QED) is 0.254. The number of hydrogen-bond donors (Lipinski definition) is 0. The minimum absolute atomic E-state index is 0.149. The molecule has 0 aliphatic heterocycles. The Morgan fingerprint density at radius 3 is 0.893 bits per heavy atom. The van der Waals surface area contributed by atoms with Crippen LogP contribution in [0.1, 0.15) is 110 Å². The van der Waals surface area contributed by atoms with Crippen molar-refractivity contribution < 1.29 is 19.6 Å². The van der Waals surface area contributed by atoms with Crippen LogP contribution in [0.3, 0.4) is 0 Å². The van der Waals surface area contributed by atoms with Gasteiger partial charge in [0.05, 0.1) is 11.2 Å². The molecule has 0 saturated heterocycles. The average Bonchev–Trinajstić information content (AvgIpc) is 2.37. The van der Waals surface area contributed by atoms with Crippen molar-refractivity contribution in [3.05, 3.63) is 0 Å². The first-order chi connectivity index (χ1) is 12.0. The first-order valence-electron chi connectivity index (χ1n) is 10.3. The Morgan fingerprint density at radius 1 is 0.429 bits per heavy atom. The summed E-state index contributed by atoms with van der Waals surface area (Å²) in [6.07, 6.45) is 1.74. The van der Waals surface area contributed by atoms with Crippen LogP contribution >= 0.6 is 0 Å². The molecule has 0 aromatic heterocycles. The maximum absolute atomic E-state index is 5.73. The molecule has 0 atom stereocenters. The van der Waals surface area contributed by atoms with Gasteiger partial charge in [0.1, 0.15) is 0 Å². The van der Waals surface area contributed by atoms with Crippen LogP contribution in [0.2, 0.25) is 0 Å². The van der Waals surface area contributed by atoms with Crippen LogP contribution in [-0.2, 0) is 19.6 Å². The molecule has 0 N–H and O–H groups in total. The van der Waals surface area contributed by atoms with Gasteiger partial charge in [-0.1, -0.05) is 53.4 Å². The Bertz CT molecular complexity index is 498. The van der Waals surface area contributed by atoms with E-state index in [1.807, 2.05) is 55.4 Å². The maximum Gasteiger partial charge on any atom is 0.158 e. The van der Waals surface area contributed by atoms with Crippen LogP contribution in [0.15, 0.2) is 0 Å². The van der Waals surface area contributed by atoms with Crippen LogP contribution in [0.25, 0.3) is 0 Å². The highest BCUT2D eigenvalue weighted by molar-refractivity contribution is 5.17. The second kappa shape index (κ2) is 9.04. The molecular weight excluding hydrogens is 352 g/mol. The molecule has 0 aliphatic rings. The summed E-state index contributed by atoms with van der Waals surface area (Å²) in [7, 11) is 0. The second-order valence-corrected chi connectivity index (χ2v) is 12.6. The van der Waals surface area contributed by atoms with E-state index in [2.05, 4.69) is 53.4 Å². The third-order valence-electron chi connectivity index (χ3n) is 3.53. The first kappa shape index (κ1) is 27.4. The summed E-state index contributed by atoms with van der Waals surface area (Å²) in [6.45, 7) is 28.7. The first-order valence-corrected chi connectivity index (χ1v) is 10.3. The summed E-state index contributed by atoms with van der Waals surface area (Å²) in [5.74, 6) is 6.23. The lowest BCUT2D eigenvalue weighted by Gasteiger charge is -2.34. The molecule has 0 rings (SSSR count). The fourth-order valence-corrected chi connectivity index (χ4v) is 3.39. The van der Waals surface area contributed by atoms with E-state index in [1.54, 1.807) is 0 Å². The molecule has 0 heterocycles.